The number of hydrogen-bond donors (Lipinski definition) is 0. The first-order valence-corrected chi connectivity index (χ1v) is 12.1. The summed E-state index contributed by atoms with van der Waals surface area (Å²) >= 11 is 1.75. The van der Waals surface area contributed by atoms with E-state index >= 15 is 0 Å². The fraction of sp³-hybridized carbons (Fsp3) is 0.346. The third kappa shape index (κ3) is 5.24. The molecule has 0 amide bonds. The summed E-state index contributed by atoms with van der Waals surface area (Å²) in [6.07, 6.45) is 7.00. The van der Waals surface area contributed by atoms with Crippen LogP contribution in [-0.2, 0) is 4.84 Å². The second kappa shape index (κ2) is 10.6. The molecule has 0 aliphatic carbocycles. The van der Waals surface area contributed by atoms with Gasteiger partial charge >= 0.3 is 0 Å². The van der Waals surface area contributed by atoms with Crippen LogP contribution in [0.5, 0.6) is 0 Å². The van der Waals surface area contributed by atoms with Gasteiger partial charge in [-0.15, -0.1) is 11.8 Å². The Kier molecular flexibility index (Phi) is 7.44. The second-order valence-electron chi connectivity index (χ2n) is 7.78. The molecule has 1 heterocycles. The van der Waals surface area contributed by atoms with Crippen LogP contribution in [0.1, 0.15) is 36.8 Å². The highest BCUT2D eigenvalue weighted by atomic mass is 32.2. The van der Waals surface area contributed by atoms with E-state index in [0.717, 1.165) is 23.3 Å². The Bertz CT molecular complexity index is 972. The lowest BCUT2D eigenvalue weighted by Gasteiger charge is -2.14. The van der Waals surface area contributed by atoms with Crippen LogP contribution < -0.4 is 0 Å². The van der Waals surface area contributed by atoms with Gasteiger partial charge in [-0.3, -0.25) is 0 Å². The zero-order valence-corrected chi connectivity index (χ0v) is 18.5. The van der Waals surface area contributed by atoms with Crippen LogP contribution in [0.25, 0.3) is 10.8 Å². The smallest absolute Gasteiger partial charge is 0.117 e. The van der Waals surface area contributed by atoms with Gasteiger partial charge in [-0.1, -0.05) is 59.8 Å². The molecule has 3 aromatic rings. The predicted molar refractivity (Wildman–Crippen MR) is 129 cm³/mol. The molecule has 3 aromatic carbocycles. The summed E-state index contributed by atoms with van der Waals surface area (Å²) < 4.78 is 0. The molecular weight excluding hydrogens is 388 g/mol. The zero-order valence-electron chi connectivity index (χ0n) is 17.7. The number of thioether (sulfide) groups is 1. The molecule has 1 saturated heterocycles. The van der Waals surface area contributed by atoms with Crippen molar-refractivity contribution in [2.24, 2.45) is 5.16 Å². The van der Waals surface area contributed by atoms with Crippen LogP contribution >= 0.6 is 11.8 Å². The highest BCUT2D eigenvalue weighted by Gasteiger charge is 2.13. The molecule has 0 aromatic heterocycles. The summed E-state index contributed by atoms with van der Waals surface area (Å²) in [5.74, 6) is 0. The number of hydrogen-bond acceptors (Lipinski definition) is 4. The van der Waals surface area contributed by atoms with Crippen molar-refractivity contribution >= 4 is 28.2 Å². The Balaban J connectivity index is 1.51. The van der Waals surface area contributed by atoms with E-state index in [2.05, 4.69) is 83.0 Å². The number of rotatable bonds is 9. The van der Waals surface area contributed by atoms with Gasteiger partial charge in [0, 0.05) is 16.0 Å². The Morgan fingerprint density at radius 1 is 0.933 bits per heavy atom. The van der Waals surface area contributed by atoms with E-state index in [-0.39, 0.29) is 0 Å². The number of unbranched alkanes of at least 4 members (excludes halogenated alkanes) is 1. The summed E-state index contributed by atoms with van der Waals surface area (Å²) in [5, 5.41) is 7.05. The SMILES string of the molecule is CSc1ccc(/C(=N\OCCCCN2CCCC2)c2cccc3ccccc23)cc1. The van der Waals surface area contributed by atoms with E-state index in [4.69, 9.17) is 4.84 Å². The summed E-state index contributed by atoms with van der Waals surface area (Å²) in [4.78, 5) is 9.64. The molecule has 0 saturated carbocycles. The van der Waals surface area contributed by atoms with Gasteiger partial charge in [0.05, 0.1) is 0 Å². The lowest BCUT2D eigenvalue weighted by atomic mass is 9.97. The van der Waals surface area contributed by atoms with Crippen molar-refractivity contribution in [3.05, 3.63) is 77.9 Å². The standard InChI is InChI=1S/C26H30N2OS/c1-30-23-15-13-22(14-16-23)26(25-12-8-10-21-9-2-3-11-24(21)25)27-29-20-7-6-19-28-17-4-5-18-28/h2-3,8-16H,4-7,17-20H2,1H3/b27-26+. The Hall–Kier alpha value is -2.30. The monoisotopic (exact) mass is 418 g/mol. The van der Waals surface area contributed by atoms with Crippen molar-refractivity contribution in [3.8, 4) is 0 Å². The van der Waals surface area contributed by atoms with E-state index in [9.17, 15) is 0 Å². The number of nitrogens with zero attached hydrogens (tertiary/aromatic N) is 2. The maximum atomic E-state index is 5.84. The zero-order chi connectivity index (χ0) is 20.6. The summed E-state index contributed by atoms with van der Waals surface area (Å²) in [5.41, 5.74) is 3.10. The summed E-state index contributed by atoms with van der Waals surface area (Å²) in [6.45, 7) is 4.36. The van der Waals surface area contributed by atoms with Crippen molar-refractivity contribution in [3.63, 3.8) is 0 Å². The summed E-state index contributed by atoms with van der Waals surface area (Å²) in [6, 6.07) is 23.4. The molecule has 1 aliphatic rings. The lowest BCUT2D eigenvalue weighted by molar-refractivity contribution is 0.137. The minimum absolute atomic E-state index is 0.658. The molecule has 0 spiro atoms. The fourth-order valence-corrected chi connectivity index (χ4v) is 4.46. The van der Waals surface area contributed by atoms with Gasteiger partial charge < -0.3 is 9.74 Å². The van der Waals surface area contributed by atoms with Crippen LogP contribution in [0.15, 0.2) is 76.8 Å². The Morgan fingerprint density at radius 2 is 1.70 bits per heavy atom. The van der Waals surface area contributed by atoms with Gasteiger partial charge in [0.25, 0.3) is 0 Å². The largest absolute Gasteiger partial charge is 0.395 e. The van der Waals surface area contributed by atoms with E-state index in [1.807, 2.05) is 0 Å². The van der Waals surface area contributed by atoms with Crippen LogP contribution in [0, 0.1) is 0 Å². The Morgan fingerprint density at radius 3 is 2.50 bits per heavy atom. The quantitative estimate of drug-likeness (QED) is 0.179. The second-order valence-corrected chi connectivity index (χ2v) is 8.66. The van der Waals surface area contributed by atoms with Crippen LogP contribution in [-0.4, -0.2) is 43.1 Å². The molecule has 30 heavy (non-hydrogen) atoms. The number of benzene rings is 3. The highest BCUT2D eigenvalue weighted by molar-refractivity contribution is 7.98. The number of oxime groups is 1. The van der Waals surface area contributed by atoms with Crippen molar-refractivity contribution in [2.75, 3.05) is 32.5 Å². The third-order valence-corrected chi connectivity index (χ3v) is 6.47. The topological polar surface area (TPSA) is 24.8 Å². The predicted octanol–water partition coefficient (Wildman–Crippen LogP) is 6.21. The molecule has 4 rings (SSSR count). The summed E-state index contributed by atoms with van der Waals surface area (Å²) in [7, 11) is 0. The molecule has 0 atom stereocenters. The molecular formula is C26H30N2OS. The first-order valence-electron chi connectivity index (χ1n) is 10.9. The first kappa shape index (κ1) is 21.0. The molecule has 1 aliphatic heterocycles. The normalized spacial score (nSPS) is 15.0. The van der Waals surface area contributed by atoms with Gasteiger partial charge in [0.15, 0.2) is 0 Å². The first-order chi connectivity index (χ1) is 14.8. The molecule has 3 nitrogen and oxygen atoms in total. The van der Waals surface area contributed by atoms with Gasteiger partial charge in [-0.25, -0.2) is 0 Å². The van der Waals surface area contributed by atoms with E-state index in [1.54, 1.807) is 11.8 Å². The van der Waals surface area contributed by atoms with Gasteiger partial charge in [-0.05, 0) is 74.5 Å². The van der Waals surface area contributed by atoms with Gasteiger partial charge in [0.1, 0.15) is 12.3 Å². The molecule has 0 radical (unpaired) electrons. The minimum Gasteiger partial charge on any atom is -0.395 e. The van der Waals surface area contributed by atoms with Crippen LogP contribution in [0.3, 0.4) is 0 Å². The lowest BCUT2D eigenvalue weighted by Crippen LogP contribution is -2.20. The Labute approximate surface area is 184 Å². The van der Waals surface area contributed by atoms with E-state index in [0.29, 0.717) is 6.61 Å². The number of likely N-dealkylation sites (tertiary alicyclic amines) is 1. The molecule has 0 bridgehead atoms. The molecule has 4 heteroatoms. The third-order valence-electron chi connectivity index (χ3n) is 5.72. The number of fused-ring (bicyclic) bond motifs is 1. The average Bonchev–Trinajstić information content (AvgIpc) is 3.32. The maximum absolute atomic E-state index is 5.84. The van der Waals surface area contributed by atoms with E-state index in [1.165, 1.54) is 54.6 Å². The van der Waals surface area contributed by atoms with Crippen LogP contribution in [0.4, 0.5) is 0 Å². The maximum Gasteiger partial charge on any atom is 0.117 e. The van der Waals surface area contributed by atoms with Crippen LogP contribution in [0.2, 0.25) is 0 Å². The average molecular weight is 419 g/mol. The van der Waals surface area contributed by atoms with Crippen molar-refractivity contribution in [1.29, 1.82) is 0 Å². The molecule has 0 unspecified atom stereocenters. The minimum atomic E-state index is 0.658. The van der Waals surface area contributed by atoms with Crippen molar-refractivity contribution in [1.82, 2.24) is 4.90 Å². The molecule has 1 fully saturated rings. The highest BCUT2D eigenvalue weighted by Crippen LogP contribution is 2.24. The fourth-order valence-electron chi connectivity index (χ4n) is 4.06. The molecule has 0 N–H and O–H groups in total. The van der Waals surface area contributed by atoms with Crippen molar-refractivity contribution in [2.45, 2.75) is 30.6 Å². The molecule has 156 valence electrons. The van der Waals surface area contributed by atoms with Gasteiger partial charge in [0.2, 0.25) is 0 Å². The van der Waals surface area contributed by atoms with E-state index < -0.39 is 0 Å². The van der Waals surface area contributed by atoms with Gasteiger partial charge in [-0.2, -0.15) is 0 Å². The van der Waals surface area contributed by atoms with Crippen molar-refractivity contribution < 1.29 is 4.84 Å².